The van der Waals surface area contributed by atoms with Gasteiger partial charge in [-0.15, -0.1) is 11.8 Å². The molecule has 0 saturated carbocycles. The molecule has 1 aromatic carbocycles. The highest BCUT2D eigenvalue weighted by atomic mass is 32.2. The van der Waals surface area contributed by atoms with Crippen LogP contribution in [-0.4, -0.2) is 23.9 Å². The van der Waals surface area contributed by atoms with E-state index in [9.17, 15) is 4.79 Å². The second kappa shape index (κ2) is 6.16. The second-order valence-corrected chi connectivity index (χ2v) is 3.99. The number of carboxylic acid groups (broad SMARTS) is 1. The summed E-state index contributed by atoms with van der Waals surface area (Å²) in [6.07, 6.45) is 1.97. The van der Waals surface area contributed by atoms with Crippen LogP contribution < -0.4 is 5.32 Å². The summed E-state index contributed by atoms with van der Waals surface area (Å²) < 4.78 is 0. The van der Waals surface area contributed by atoms with Gasteiger partial charge in [0.2, 0.25) is 0 Å². The molecule has 0 fully saturated rings. The van der Waals surface area contributed by atoms with Crippen molar-refractivity contribution in [2.75, 3.05) is 12.8 Å². The number of benzene rings is 1. The third-order valence-electron chi connectivity index (χ3n) is 2.04. The highest BCUT2D eigenvalue weighted by Crippen LogP contribution is 2.18. The number of thioether (sulfide) groups is 1. The molecule has 5 heteroatoms. The first kappa shape index (κ1) is 12.6. The molecule has 1 atom stereocenters. The maximum atomic E-state index is 10.4. The van der Waals surface area contributed by atoms with Crippen LogP contribution in [0.4, 0.5) is 0 Å². The number of nitriles is 1. The summed E-state index contributed by atoms with van der Waals surface area (Å²) in [4.78, 5) is 11.5. The minimum absolute atomic E-state index is 0.220. The Hall–Kier alpha value is -1.51. The molecule has 0 aliphatic heterocycles. The Morgan fingerprint density at radius 2 is 2.19 bits per heavy atom. The quantitative estimate of drug-likeness (QED) is 0.760. The number of carbonyl (C=O) groups is 1. The lowest BCUT2D eigenvalue weighted by molar-refractivity contribution is -0.136. The lowest BCUT2D eigenvalue weighted by Gasteiger charge is -2.10. The standard InChI is InChI=1S/C11H12N2O2S/c1-16-9-4-2-8(3-5-9)10(6-12)13-7-11(14)15/h2-5,10,13H,7H2,1H3,(H,14,15). The van der Waals surface area contributed by atoms with Crippen LogP contribution in [0.25, 0.3) is 0 Å². The molecule has 0 heterocycles. The summed E-state index contributed by atoms with van der Waals surface area (Å²) in [6.45, 7) is -0.220. The molecule has 1 aromatic rings. The van der Waals surface area contributed by atoms with E-state index < -0.39 is 12.0 Å². The van der Waals surface area contributed by atoms with E-state index in [1.165, 1.54) is 0 Å². The summed E-state index contributed by atoms with van der Waals surface area (Å²) >= 11 is 1.62. The van der Waals surface area contributed by atoms with Crippen molar-refractivity contribution in [3.8, 4) is 6.07 Å². The van der Waals surface area contributed by atoms with Gasteiger partial charge >= 0.3 is 5.97 Å². The molecule has 0 radical (unpaired) electrons. The summed E-state index contributed by atoms with van der Waals surface area (Å²) in [7, 11) is 0. The van der Waals surface area contributed by atoms with Gasteiger partial charge < -0.3 is 5.11 Å². The smallest absolute Gasteiger partial charge is 0.317 e. The van der Waals surface area contributed by atoms with Crippen LogP contribution in [0.3, 0.4) is 0 Å². The minimum atomic E-state index is -0.971. The Morgan fingerprint density at radius 1 is 1.56 bits per heavy atom. The SMILES string of the molecule is CSc1ccc(C(C#N)NCC(=O)O)cc1. The van der Waals surface area contributed by atoms with Gasteiger partial charge in [-0.1, -0.05) is 12.1 Å². The van der Waals surface area contributed by atoms with E-state index in [0.29, 0.717) is 0 Å². The van der Waals surface area contributed by atoms with Crippen molar-refractivity contribution < 1.29 is 9.90 Å². The van der Waals surface area contributed by atoms with Crippen molar-refractivity contribution in [1.29, 1.82) is 5.26 Å². The number of carboxylic acids is 1. The summed E-state index contributed by atoms with van der Waals surface area (Å²) in [5.41, 5.74) is 0.779. The molecule has 1 rings (SSSR count). The fraction of sp³-hybridized carbons (Fsp3) is 0.273. The molecule has 16 heavy (non-hydrogen) atoms. The first-order valence-corrected chi connectivity index (χ1v) is 5.88. The molecule has 0 aromatic heterocycles. The van der Waals surface area contributed by atoms with Crippen LogP contribution in [0.2, 0.25) is 0 Å². The van der Waals surface area contributed by atoms with Crippen molar-refractivity contribution >= 4 is 17.7 Å². The van der Waals surface area contributed by atoms with E-state index >= 15 is 0 Å². The third-order valence-corrected chi connectivity index (χ3v) is 2.78. The molecule has 0 amide bonds. The molecular weight excluding hydrogens is 224 g/mol. The van der Waals surface area contributed by atoms with E-state index in [4.69, 9.17) is 10.4 Å². The first-order valence-electron chi connectivity index (χ1n) is 4.66. The van der Waals surface area contributed by atoms with Gasteiger partial charge in [-0.25, -0.2) is 0 Å². The molecule has 0 aliphatic rings. The van der Waals surface area contributed by atoms with Crippen LogP contribution in [0.5, 0.6) is 0 Å². The van der Waals surface area contributed by atoms with Gasteiger partial charge in [0.1, 0.15) is 6.04 Å². The minimum Gasteiger partial charge on any atom is -0.480 e. The Morgan fingerprint density at radius 3 is 2.62 bits per heavy atom. The monoisotopic (exact) mass is 236 g/mol. The Kier molecular flexibility index (Phi) is 4.83. The van der Waals surface area contributed by atoms with Gasteiger partial charge in [-0.2, -0.15) is 5.26 Å². The molecule has 4 nitrogen and oxygen atoms in total. The molecule has 84 valence electrons. The van der Waals surface area contributed by atoms with E-state index in [0.717, 1.165) is 10.5 Å². The van der Waals surface area contributed by atoms with Crippen LogP contribution in [0, 0.1) is 11.3 Å². The topological polar surface area (TPSA) is 73.1 Å². The van der Waals surface area contributed by atoms with Gasteiger partial charge in [0.05, 0.1) is 12.6 Å². The fourth-order valence-corrected chi connectivity index (χ4v) is 1.63. The van der Waals surface area contributed by atoms with Crippen LogP contribution in [0.1, 0.15) is 11.6 Å². The maximum Gasteiger partial charge on any atom is 0.317 e. The van der Waals surface area contributed by atoms with Gasteiger partial charge in [0.15, 0.2) is 0 Å². The Labute approximate surface area is 98.3 Å². The number of nitrogens with one attached hydrogen (secondary N) is 1. The van der Waals surface area contributed by atoms with Gasteiger partial charge in [-0.05, 0) is 24.0 Å². The molecule has 0 saturated heterocycles. The largest absolute Gasteiger partial charge is 0.480 e. The predicted octanol–water partition coefficient (Wildman–Crippen LogP) is 1.65. The van der Waals surface area contributed by atoms with E-state index in [-0.39, 0.29) is 6.54 Å². The van der Waals surface area contributed by atoms with Crippen molar-refractivity contribution in [2.24, 2.45) is 0 Å². The molecule has 2 N–H and O–H groups in total. The fourth-order valence-electron chi connectivity index (χ4n) is 1.22. The molecule has 0 spiro atoms. The number of rotatable bonds is 5. The van der Waals surface area contributed by atoms with Gasteiger partial charge in [0, 0.05) is 4.90 Å². The average molecular weight is 236 g/mol. The summed E-state index contributed by atoms with van der Waals surface area (Å²) in [5.74, 6) is -0.971. The van der Waals surface area contributed by atoms with Crippen molar-refractivity contribution in [1.82, 2.24) is 5.32 Å². The van der Waals surface area contributed by atoms with E-state index in [1.54, 1.807) is 11.8 Å². The van der Waals surface area contributed by atoms with Crippen LogP contribution in [-0.2, 0) is 4.79 Å². The number of nitrogens with zero attached hydrogens (tertiary/aromatic N) is 1. The number of hydrogen-bond acceptors (Lipinski definition) is 4. The molecule has 0 aliphatic carbocycles. The summed E-state index contributed by atoms with van der Waals surface area (Å²) in [6, 6.07) is 8.93. The van der Waals surface area contributed by atoms with Gasteiger partial charge in [0.25, 0.3) is 0 Å². The van der Waals surface area contributed by atoms with Crippen molar-refractivity contribution in [3.63, 3.8) is 0 Å². The first-order chi connectivity index (χ1) is 7.67. The van der Waals surface area contributed by atoms with Crippen LogP contribution in [0.15, 0.2) is 29.2 Å². The lowest BCUT2D eigenvalue weighted by Crippen LogP contribution is -2.26. The average Bonchev–Trinajstić information content (AvgIpc) is 2.30. The van der Waals surface area contributed by atoms with Crippen LogP contribution >= 0.6 is 11.8 Å². The molecular formula is C11H12N2O2S. The zero-order valence-corrected chi connectivity index (χ0v) is 9.62. The molecule has 0 bridgehead atoms. The lowest BCUT2D eigenvalue weighted by atomic mass is 10.1. The zero-order valence-electron chi connectivity index (χ0n) is 8.80. The van der Waals surface area contributed by atoms with Crippen molar-refractivity contribution in [3.05, 3.63) is 29.8 Å². The molecule has 1 unspecified atom stereocenters. The number of hydrogen-bond donors (Lipinski definition) is 2. The summed E-state index contributed by atoms with van der Waals surface area (Å²) in [5, 5.41) is 20.1. The maximum absolute atomic E-state index is 10.4. The zero-order chi connectivity index (χ0) is 12.0. The predicted molar refractivity (Wildman–Crippen MR) is 62.2 cm³/mol. The van der Waals surface area contributed by atoms with Crippen molar-refractivity contribution in [2.45, 2.75) is 10.9 Å². The Balaban J connectivity index is 2.72. The third kappa shape index (κ3) is 3.57. The number of aliphatic carboxylic acids is 1. The highest BCUT2D eigenvalue weighted by molar-refractivity contribution is 7.98. The van der Waals surface area contributed by atoms with E-state index in [1.807, 2.05) is 36.6 Å². The normalized spacial score (nSPS) is 11.8. The second-order valence-electron chi connectivity index (χ2n) is 3.11. The highest BCUT2D eigenvalue weighted by Gasteiger charge is 2.10. The van der Waals surface area contributed by atoms with E-state index in [2.05, 4.69) is 5.32 Å². The van der Waals surface area contributed by atoms with Gasteiger partial charge in [-0.3, -0.25) is 10.1 Å². The Bertz CT molecular complexity index is 397.